The van der Waals surface area contributed by atoms with Crippen molar-refractivity contribution in [3.8, 4) is 0 Å². The molecule has 2 aromatic carbocycles. The molecule has 0 bridgehead atoms. The third kappa shape index (κ3) is 6.23. The predicted octanol–water partition coefficient (Wildman–Crippen LogP) is 4.98. The quantitative estimate of drug-likeness (QED) is 0.389. The van der Waals surface area contributed by atoms with Gasteiger partial charge in [-0.2, -0.15) is 5.10 Å². The van der Waals surface area contributed by atoms with E-state index in [1.54, 1.807) is 28.2 Å². The zero-order chi connectivity index (χ0) is 26.7. The van der Waals surface area contributed by atoms with Gasteiger partial charge in [-0.1, -0.05) is 30.3 Å². The van der Waals surface area contributed by atoms with E-state index in [0.29, 0.717) is 37.4 Å². The molecule has 9 nitrogen and oxygen atoms in total. The number of benzene rings is 2. The van der Waals surface area contributed by atoms with Crippen molar-refractivity contribution in [2.24, 2.45) is 0 Å². The van der Waals surface area contributed by atoms with Crippen molar-refractivity contribution in [1.29, 1.82) is 0 Å². The molecule has 2 amide bonds. The van der Waals surface area contributed by atoms with E-state index in [2.05, 4.69) is 15.3 Å². The number of rotatable bonds is 6. The number of nitrogens with one attached hydrogen (secondary N) is 1. The molecule has 4 aromatic rings. The molecule has 0 aliphatic carbocycles. The summed E-state index contributed by atoms with van der Waals surface area (Å²) < 4.78 is 13.0. The maximum atomic E-state index is 12.9. The Morgan fingerprint density at radius 1 is 1.03 bits per heavy atom. The van der Waals surface area contributed by atoms with Gasteiger partial charge in [0.2, 0.25) is 0 Å². The molecule has 1 aliphatic rings. The lowest BCUT2D eigenvalue weighted by Crippen LogP contribution is -2.49. The van der Waals surface area contributed by atoms with Crippen molar-refractivity contribution in [2.75, 3.05) is 31.5 Å². The number of nitrogens with zero attached hydrogens (tertiary/aromatic N) is 4. The van der Waals surface area contributed by atoms with Crippen LogP contribution >= 0.6 is 0 Å². The lowest BCUT2D eigenvalue weighted by atomic mass is 10.1. The van der Waals surface area contributed by atoms with Crippen LogP contribution in [-0.2, 0) is 17.8 Å². The fourth-order valence-corrected chi connectivity index (χ4v) is 4.48. The number of carbonyl (C=O) groups excluding carboxylic acids is 2. The van der Waals surface area contributed by atoms with Crippen molar-refractivity contribution in [2.45, 2.75) is 39.5 Å². The van der Waals surface area contributed by atoms with Gasteiger partial charge in [0, 0.05) is 55.6 Å². The van der Waals surface area contributed by atoms with Crippen molar-refractivity contribution < 1.29 is 18.7 Å². The van der Waals surface area contributed by atoms with E-state index in [-0.39, 0.29) is 12.0 Å². The Morgan fingerprint density at radius 3 is 2.53 bits per heavy atom. The van der Waals surface area contributed by atoms with Gasteiger partial charge in [0.25, 0.3) is 5.91 Å². The smallest absolute Gasteiger partial charge is 0.410 e. The van der Waals surface area contributed by atoms with E-state index in [0.717, 1.165) is 35.2 Å². The van der Waals surface area contributed by atoms with Crippen LogP contribution in [0.15, 0.2) is 71.6 Å². The average molecular weight is 516 g/mol. The maximum absolute atomic E-state index is 12.9. The first-order chi connectivity index (χ1) is 18.2. The number of aromatic nitrogens is 2. The fourth-order valence-electron chi connectivity index (χ4n) is 4.48. The molecule has 0 unspecified atom stereocenters. The number of furan rings is 1. The van der Waals surface area contributed by atoms with Crippen LogP contribution in [-0.4, -0.2) is 63.4 Å². The molecule has 198 valence electrons. The second kappa shape index (κ2) is 10.7. The third-order valence-electron chi connectivity index (χ3n) is 6.41. The molecule has 1 fully saturated rings. The van der Waals surface area contributed by atoms with Gasteiger partial charge in [-0.25, -0.2) is 4.79 Å². The molecule has 0 saturated carbocycles. The molecule has 0 atom stereocenters. The Kier molecular flexibility index (Phi) is 7.20. The summed E-state index contributed by atoms with van der Waals surface area (Å²) in [6, 6.07) is 15.6. The zero-order valence-corrected chi connectivity index (χ0v) is 22.0. The van der Waals surface area contributed by atoms with Gasteiger partial charge in [-0.3, -0.25) is 14.4 Å². The normalized spacial score (nSPS) is 14.6. The Labute approximate surface area is 222 Å². The number of anilines is 1. The molecule has 38 heavy (non-hydrogen) atoms. The van der Waals surface area contributed by atoms with Crippen molar-refractivity contribution in [3.63, 3.8) is 0 Å². The van der Waals surface area contributed by atoms with Gasteiger partial charge in [0.1, 0.15) is 11.2 Å². The summed E-state index contributed by atoms with van der Waals surface area (Å²) >= 11 is 0. The van der Waals surface area contributed by atoms with Crippen LogP contribution in [0.3, 0.4) is 0 Å². The lowest BCUT2D eigenvalue weighted by molar-refractivity contribution is 0.0139. The molecule has 5 rings (SSSR count). The number of ether oxygens (including phenoxy) is 1. The van der Waals surface area contributed by atoms with Crippen molar-refractivity contribution in [1.82, 2.24) is 19.6 Å². The van der Waals surface area contributed by atoms with Crippen LogP contribution < -0.4 is 5.32 Å². The predicted molar refractivity (Wildman–Crippen MR) is 145 cm³/mol. The highest BCUT2D eigenvalue weighted by atomic mass is 16.6. The van der Waals surface area contributed by atoms with Crippen LogP contribution in [0.1, 0.15) is 42.3 Å². The molecule has 1 saturated heterocycles. The second-order valence-corrected chi connectivity index (χ2v) is 10.6. The maximum Gasteiger partial charge on any atom is 0.410 e. The summed E-state index contributed by atoms with van der Waals surface area (Å²) in [6.45, 7) is 9.64. The number of piperazine rings is 1. The molecule has 1 aliphatic heterocycles. The van der Waals surface area contributed by atoms with Gasteiger partial charge in [-0.05, 0) is 44.5 Å². The SMILES string of the molecule is CC(C)(C)OC(=O)N1CCN(Cc2coc3ccc(NC(=O)c4cnn(Cc5ccccc5)c4)cc23)CC1. The first-order valence-corrected chi connectivity index (χ1v) is 12.8. The van der Waals surface area contributed by atoms with E-state index >= 15 is 0 Å². The van der Waals surface area contributed by atoms with Crippen LogP contribution in [0.25, 0.3) is 11.0 Å². The summed E-state index contributed by atoms with van der Waals surface area (Å²) in [5.74, 6) is -0.216. The fraction of sp³-hybridized carbons (Fsp3) is 0.345. The Bertz CT molecular complexity index is 1410. The number of amides is 2. The molecule has 0 spiro atoms. The molecular formula is C29H33N5O4. The number of fused-ring (bicyclic) bond motifs is 1. The highest BCUT2D eigenvalue weighted by Crippen LogP contribution is 2.26. The van der Waals surface area contributed by atoms with Crippen LogP contribution in [0.4, 0.5) is 10.5 Å². The molecule has 9 heteroatoms. The standard InChI is InChI=1S/C29H33N5O4/c1-29(2,3)38-28(36)33-13-11-32(12-14-33)18-23-20-37-26-10-9-24(15-25(23)26)31-27(35)22-16-30-34(19-22)17-21-7-5-4-6-8-21/h4-10,15-16,19-20H,11-14,17-18H2,1-3H3,(H,31,35). The van der Waals surface area contributed by atoms with E-state index < -0.39 is 5.60 Å². The summed E-state index contributed by atoms with van der Waals surface area (Å²) in [5, 5.41) is 8.27. The highest BCUT2D eigenvalue weighted by Gasteiger charge is 2.26. The van der Waals surface area contributed by atoms with E-state index in [4.69, 9.17) is 9.15 Å². The Hall–Kier alpha value is -4.11. The van der Waals surface area contributed by atoms with Crippen LogP contribution in [0.5, 0.6) is 0 Å². The summed E-state index contributed by atoms with van der Waals surface area (Å²) in [4.78, 5) is 29.3. The number of carbonyl (C=O) groups is 2. The van der Waals surface area contributed by atoms with Gasteiger partial charge in [-0.15, -0.1) is 0 Å². The minimum Gasteiger partial charge on any atom is -0.464 e. The summed E-state index contributed by atoms with van der Waals surface area (Å²) in [5.41, 5.74) is 3.61. The summed E-state index contributed by atoms with van der Waals surface area (Å²) in [6.07, 6.45) is 4.83. The monoisotopic (exact) mass is 515 g/mol. The van der Waals surface area contributed by atoms with Crippen molar-refractivity contribution in [3.05, 3.63) is 83.9 Å². The Morgan fingerprint density at radius 2 is 1.79 bits per heavy atom. The first-order valence-electron chi connectivity index (χ1n) is 12.8. The van der Waals surface area contributed by atoms with Gasteiger partial charge in [0.05, 0.1) is 24.6 Å². The molecule has 2 aromatic heterocycles. The molecule has 1 N–H and O–H groups in total. The van der Waals surface area contributed by atoms with E-state index in [9.17, 15) is 9.59 Å². The largest absolute Gasteiger partial charge is 0.464 e. The minimum absolute atomic E-state index is 0.216. The van der Waals surface area contributed by atoms with Crippen LogP contribution in [0, 0.1) is 0 Å². The van der Waals surface area contributed by atoms with Crippen LogP contribution in [0.2, 0.25) is 0 Å². The first kappa shape index (κ1) is 25.5. The number of hydrogen-bond acceptors (Lipinski definition) is 6. The highest BCUT2D eigenvalue weighted by molar-refractivity contribution is 6.04. The van der Waals surface area contributed by atoms with Gasteiger partial charge in [0.15, 0.2) is 0 Å². The lowest BCUT2D eigenvalue weighted by Gasteiger charge is -2.35. The van der Waals surface area contributed by atoms with Crippen molar-refractivity contribution >= 4 is 28.7 Å². The minimum atomic E-state index is -0.500. The van der Waals surface area contributed by atoms with Gasteiger partial charge >= 0.3 is 6.09 Å². The Balaban J connectivity index is 1.20. The topological polar surface area (TPSA) is 92.8 Å². The molecule has 3 heterocycles. The average Bonchev–Trinajstić information content (AvgIpc) is 3.51. The summed E-state index contributed by atoms with van der Waals surface area (Å²) in [7, 11) is 0. The van der Waals surface area contributed by atoms with Gasteiger partial charge < -0.3 is 19.4 Å². The molecular weight excluding hydrogens is 482 g/mol. The van der Waals surface area contributed by atoms with E-state index in [1.165, 1.54) is 0 Å². The molecule has 0 radical (unpaired) electrons. The number of hydrogen-bond donors (Lipinski definition) is 1. The van der Waals surface area contributed by atoms with E-state index in [1.807, 2.05) is 69.3 Å². The second-order valence-electron chi connectivity index (χ2n) is 10.6. The zero-order valence-electron chi connectivity index (χ0n) is 22.0. The third-order valence-corrected chi connectivity index (χ3v) is 6.41.